The van der Waals surface area contributed by atoms with Crippen molar-refractivity contribution in [2.24, 2.45) is 0 Å². The number of carbonyl (C=O) groups excluding carboxylic acids is 2. The third-order valence-electron chi connectivity index (χ3n) is 11.4. The lowest BCUT2D eigenvalue weighted by Gasteiger charge is -2.15. The predicted molar refractivity (Wildman–Crippen MR) is 297 cm³/mol. The fraction of sp³-hybridized carbons (Fsp3) is 0.619. The maximum absolute atomic E-state index is 12.3. The standard InChI is InChI=1S/C63H102O5/c1-3-5-7-9-11-13-15-17-19-21-23-25-26-27-28-29-30-31-32-33-34-35-36-38-40-42-44-46-48-50-52-54-56-58-63(66)68-61(59-64)60-67-62(65)57-55-53-51-49-47-45-43-41-39-37-24-22-20-18-16-14-12-10-8-6-4-2/h5,7,11,13,16-19,22-25,27-28,30-31,33-34,36,38-39,41,61,64H,3-4,6,8-10,12,14-15,20-21,26,29,32,35,37,40,42-60H2,1-2H3/b7-5-,13-11-,18-16-,19-17-,24-22-,25-23-,28-27-,31-30-,34-33-,38-36-,41-39-. The molecule has 0 aliphatic rings. The number of aliphatic hydroxyl groups excluding tert-OH is 1. The molecule has 0 heterocycles. The second kappa shape index (κ2) is 57.4. The summed E-state index contributed by atoms with van der Waals surface area (Å²) in [7, 11) is 0. The van der Waals surface area contributed by atoms with Crippen molar-refractivity contribution >= 4 is 11.9 Å². The minimum atomic E-state index is -0.793. The van der Waals surface area contributed by atoms with Gasteiger partial charge in [0.15, 0.2) is 6.10 Å². The van der Waals surface area contributed by atoms with E-state index >= 15 is 0 Å². The molecular formula is C63H102O5. The van der Waals surface area contributed by atoms with E-state index in [1.54, 1.807) is 0 Å². The number of ether oxygens (including phenoxy) is 2. The van der Waals surface area contributed by atoms with Crippen LogP contribution in [0.5, 0.6) is 0 Å². The molecule has 0 rings (SSSR count). The first-order chi connectivity index (χ1) is 33.6. The fourth-order valence-corrected chi connectivity index (χ4v) is 7.28. The Hall–Kier alpha value is -3.96. The first kappa shape index (κ1) is 64.0. The van der Waals surface area contributed by atoms with Crippen molar-refractivity contribution in [1.29, 1.82) is 0 Å². The summed E-state index contributed by atoms with van der Waals surface area (Å²) in [6.07, 6.45) is 85.5. The second-order valence-corrected chi connectivity index (χ2v) is 17.9. The molecule has 0 fully saturated rings. The fourth-order valence-electron chi connectivity index (χ4n) is 7.28. The van der Waals surface area contributed by atoms with Crippen molar-refractivity contribution in [2.75, 3.05) is 13.2 Å². The molecular weight excluding hydrogens is 837 g/mol. The highest BCUT2D eigenvalue weighted by Gasteiger charge is 2.16. The summed E-state index contributed by atoms with van der Waals surface area (Å²) < 4.78 is 10.7. The van der Waals surface area contributed by atoms with Crippen molar-refractivity contribution in [3.8, 4) is 0 Å². The van der Waals surface area contributed by atoms with Crippen LogP contribution in [0.3, 0.4) is 0 Å². The summed E-state index contributed by atoms with van der Waals surface area (Å²) in [4.78, 5) is 24.5. The lowest BCUT2D eigenvalue weighted by molar-refractivity contribution is -0.161. The summed E-state index contributed by atoms with van der Waals surface area (Å²) in [5.41, 5.74) is 0. The van der Waals surface area contributed by atoms with Gasteiger partial charge in [-0.3, -0.25) is 9.59 Å². The van der Waals surface area contributed by atoms with Gasteiger partial charge in [-0.05, 0) is 116 Å². The molecule has 0 radical (unpaired) electrons. The number of rotatable bonds is 49. The van der Waals surface area contributed by atoms with E-state index in [2.05, 4.69) is 148 Å². The van der Waals surface area contributed by atoms with E-state index < -0.39 is 6.10 Å². The van der Waals surface area contributed by atoms with Crippen LogP contribution in [-0.4, -0.2) is 36.4 Å². The Morgan fingerprint density at radius 2 is 0.632 bits per heavy atom. The first-order valence-electron chi connectivity index (χ1n) is 27.7. The van der Waals surface area contributed by atoms with E-state index in [-0.39, 0.29) is 25.2 Å². The lowest BCUT2D eigenvalue weighted by Crippen LogP contribution is -2.28. The molecule has 0 saturated heterocycles. The molecule has 0 aliphatic heterocycles. The zero-order valence-electron chi connectivity index (χ0n) is 43.8. The van der Waals surface area contributed by atoms with E-state index in [1.165, 1.54) is 89.9 Å². The molecule has 5 heteroatoms. The second-order valence-electron chi connectivity index (χ2n) is 17.9. The Morgan fingerprint density at radius 3 is 0.956 bits per heavy atom. The molecule has 0 amide bonds. The van der Waals surface area contributed by atoms with Gasteiger partial charge in [-0.25, -0.2) is 0 Å². The Bertz CT molecular complexity index is 1430. The van der Waals surface area contributed by atoms with Gasteiger partial charge in [0.2, 0.25) is 0 Å². The number of carbonyl (C=O) groups is 2. The van der Waals surface area contributed by atoms with E-state index in [0.29, 0.717) is 12.8 Å². The van der Waals surface area contributed by atoms with Gasteiger partial charge in [0.1, 0.15) is 6.61 Å². The molecule has 68 heavy (non-hydrogen) atoms. The molecule has 0 aliphatic carbocycles. The van der Waals surface area contributed by atoms with Crippen LogP contribution in [0, 0.1) is 0 Å². The molecule has 1 unspecified atom stereocenters. The SMILES string of the molecule is CC/C=C\C/C=C\C/C=C\C/C=C\C/C=C\C/C=C\C/C=C\C/C=C\CCCCCCCCCCC(=O)OC(CO)COC(=O)CCCCCCCC/C=C\C/C=C\C/C=C\CCCCCCC. The minimum absolute atomic E-state index is 0.0841. The van der Waals surface area contributed by atoms with E-state index in [9.17, 15) is 14.7 Å². The van der Waals surface area contributed by atoms with Crippen LogP contribution in [0.2, 0.25) is 0 Å². The summed E-state index contributed by atoms with van der Waals surface area (Å²) in [5.74, 6) is -0.622. The Morgan fingerprint density at radius 1 is 0.353 bits per heavy atom. The Kier molecular flexibility index (Phi) is 54.0. The number of aliphatic hydroxyl groups is 1. The van der Waals surface area contributed by atoms with Crippen LogP contribution >= 0.6 is 0 Å². The van der Waals surface area contributed by atoms with Gasteiger partial charge in [0.05, 0.1) is 6.61 Å². The number of unbranched alkanes of at least 4 members (excludes halogenated alkanes) is 19. The molecule has 1 atom stereocenters. The molecule has 0 saturated carbocycles. The van der Waals surface area contributed by atoms with Crippen LogP contribution < -0.4 is 0 Å². The third-order valence-corrected chi connectivity index (χ3v) is 11.4. The van der Waals surface area contributed by atoms with Crippen molar-refractivity contribution in [3.63, 3.8) is 0 Å². The number of allylic oxidation sites excluding steroid dienone is 22. The zero-order valence-corrected chi connectivity index (χ0v) is 43.8. The van der Waals surface area contributed by atoms with Crippen molar-refractivity contribution in [2.45, 2.75) is 238 Å². The smallest absolute Gasteiger partial charge is 0.306 e. The van der Waals surface area contributed by atoms with Crippen LogP contribution in [0.15, 0.2) is 134 Å². The Balaban J connectivity index is 3.62. The average Bonchev–Trinajstić information content (AvgIpc) is 3.34. The summed E-state index contributed by atoms with van der Waals surface area (Å²) in [5, 5.41) is 9.65. The molecule has 5 nitrogen and oxygen atoms in total. The van der Waals surface area contributed by atoms with Crippen molar-refractivity contribution in [3.05, 3.63) is 134 Å². The minimum Gasteiger partial charge on any atom is -0.462 e. The maximum Gasteiger partial charge on any atom is 0.306 e. The third kappa shape index (κ3) is 54.6. The van der Waals surface area contributed by atoms with Crippen LogP contribution in [0.25, 0.3) is 0 Å². The van der Waals surface area contributed by atoms with Gasteiger partial charge in [-0.1, -0.05) is 237 Å². The molecule has 384 valence electrons. The van der Waals surface area contributed by atoms with Gasteiger partial charge in [-0.2, -0.15) is 0 Å². The van der Waals surface area contributed by atoms with Crippen LogP contribution in [0.4, 0.5) is 0 Å². The lowest BCUT2D eigenvalue weighted by atomic mass is 10.1. The molecule has 0 aromatic carbocycles. The summed E-state index contributed by atoms with van der Waals surface area (Å²) in [6.45, 7) is 3.99. The van der Waals surface area contributed by atoms with Crippen molar-refractivity contribution in [1.82, 2.24) is 0 Å². The molecule has 0 spiro atoms. The summed E-state index contributed by atoms with van der Waals surface area (Å²) in [6, 6.07) is 0. The number of hydrogen-bond acceptors (Lipinski definition) is 5. The normalized spacial score (nSPS) is 13.3. The van der Waals surface area contributed by atoms with E-state index in [0.717, 1.165) is 116 Å². The monoisotopic (exact) mass is 939 g/mol. The highest BCUT2D eigenvalue weighted by molar-refractivity contribution is 5.70. The topological polar surface area (TPSA) is 72.8 Å². The zero-order chi connectivity index (χ0) is 49.2. The van der Waals surface area contributed by atoms with Crippen molar-refractivity contribution < 1.29 is 24.2 Å². The quantitative estimate of drug-likeness (QED) is 0.0374. The largest absolute Gasteiger partial charge is 0.462 e. The maximum atomic E-state index is 12.3. The molecule has 0 aromatic rings. The van der Waals surface area contributed by atoms with E-state index in [4.69, 9.17) is 9.47 Å². The highest BCUT2D eigenvalue weighted by Crippen LogP contribution is 2.13. The number of hydrogen-bond donors (Lipinski definition) is 1. The first-order valence-corrected chi connectivity index (χ1v) is 27.7. The van der Waals surface area contributed by atoms with Gasteiger partial charge >= 0.3 is 11.9 Å². The van der Waals surface area contributed by atoms with Gasteiger partial charge in [-0.15, -0.1) is 0 Å². The average molecular weight is 940 g/mol. The molecule has 0 aromatic heterocycles. The molecule has 1 N–H and O–H groups in total. The molecule has 0 bridgehead atoms. The van der Waals surface area contributed by atoms with Gasteiger partial charge in [0, 0.05) is 12.8 Å². The Labute approximate surface area is 419 Å². The van der Waals surface area contributed by atoms with Crippen LogP contribution in [-0.2, 0) is 19.1 Å². The van der Waals surface area contributed by atoms with E-state index in [1.807, 2.05) is 0 Å². The number of esters is 2. The van der Waals surface area contributed by atoms with Gasteiger partial charge in [0.25, 0.3) is 0 Å². The van der Waals surface area contributed by atoms with Crippen LogP contribution in [0.1, 0.15) is 232 Å². The van der Waals surface area contributed by atoms with Gasteiger partial charge < -0.3 is 14.6 Å². The predicted octanol–water partition coefficient (Wildman–Crippen LogP) is 18.9. The summed E-state index contributed by atoms with van der Waals surface area (Å²) >= 11 is 0. The highest BCUT2D eigenvalue weighted by atomic mass is 16.6.